The van der Waals surface area contributed by atoms with Crippen LogP contribution in [0.2, 0.25) is 0 Å². The Labute approximate surface area is 330 Å². The van der Waals surface area contributed by atoms with Crippen molar-refractivity contribution in [2.24, 2.45) is 29.4 Å². The molecule has 0 aromatic heterocycles. The van der Waals surface area contributed by atoms with E-state index in [1.807, 2.05) is 0 Å². The summed E-state index contributed by atoms with van der Waals surface area (Å²) in [6.45, 7) is 3.10. The van der Waals surface area contributed by atoms with Gasteiger partial charge in [0.05, 0.1) is 57.5 Å². The first-order valence-corrected chi connectivity index (χ1v) is 21.5. The van der Waals surface area contributed by atoms with Gasteiger partial charge in [0.1, 0.15) is 30.5 Å². The number of aliphatic hydroxyl groups is 9. The fourth-order valence-electron chi connectivity index (χ4n) is 6.58. The van der Waals surface area contributed by atoms with Gasteiger partial charge in [-0.3, -0.25) is 0 Å². The Balaban J connectivity index is 1.31. The number of ether oxygens (including phenoxy) is 5. The second-order valence-corrected chi connectivity index (χ2v) is 16.8. The van der Waals surface area contributed by atoms with Crippen molar-refractivity contribution in [3.05, 3.63) is 0 Å². The molecule has 11 unspecified atom stereocenters. The monoisotopic (exact) mass is 890 g/mol. The van der Waals surface area contributed by atoms with Gasteiger partial charge in [0.2, 0.25) is 18.9 Å². The van der Waals surface area contributed by atoms with E-state index >= 15 is 0 Å². The number of aliphatic hydroxyl groups excluding tert-OH is 9. The Morgan fingerprint density at radius 2 is 0.754 bits per heavy atom. The SMILES string of the molecule is CC1[C@@H](O[P+](=O)O[C@@H]2C(CO)O[C@H](O[P+](=O)O[C@@H]3C(CO)O[C@H](O[P+](=O)O[C@@H]4C(CO)O[C@H](OCCN)C(C)[C@H]4O)C(C)[C@H]3O)C(C)[C@H]2O)OC(CO)[C@@H](O)[C@@H]1O. The van der Waals surface area contributed by atoms with Crippen molar-refractivity contribution in [3.63, 3.8) is 0 Å². The number of nitrogens with two attached hydrogens (primary N) is 1. The lowest BCUT2D eigenvalue weighted by atomic mass is 9.92. The van der Waals surface area contributed by atoms with Crippen LogP contribution < -0.4 is 5.73 Å². The molecule has 57 heavy (non-hydrogen) atoms. The summed E-state index contributed by atoms with van der Waals surface area (Å²) in [6.07, 6.45) is -22.4. The molecule has 0 amide bonds. The molecule has 4 aliphatic rings. The van der Waals surface area contributed by atoms with E-state index in [9.17, 15) is 59.7 Å². The molecular formula is C30H55NO23P3+3. The Morgan fingerprint density at radius 3 is 1.09 bits per heavy atom. The van der Waals surface area contributed by atoms with Gasteiger partial charge in [0, 0.05) is 43.9 Å². The van der Waals surface area contributed by atoms with E-state index in [2.05, 4.69) is 0 Å². The van der Waals surface area contributed by atoms with Gasteiger partial charge in [-0.15, -0.1) is 13.6 Å². The number of hydrogen-bond donors (Lipinski definition) is 10. The third-order valence-electron chi connectivity index (χ3n) is 10.3. The molecule has 0 aromatic carbocycles. The molecule has 330 valence electrons. The largest absolute Gasteiger partial charge is 0.700 e. The average Bonchev–Trinajstić information content (AvgIpc) is 3.19. The van der Waals surface area contributed by atoms with E-state index in [4.69, 9.17) is 56.6 Å². The van der Waals surface area contributed by atoms with Gasteiger partial charge in [-0.2, -0.15) is 0 Å². The molecule has 0 radical (unpaired) electrons. The first kappa shape index (κ1) is 49.1. The van der Waals surface area contributed by atoms with E-state index < -0.39 is 173 Å². The van der Waals surface area contributed by atoms with Crippen molar-refractivity contribution in [3.8, 4) is 0 Å². The normalized spacial score (nSPS) is 45.1. The van der Waals surface area contributed by atoms with E-state index in [0.717, 1.165) is 0 Å². The van der Waals surface area contributed by atoms with Gasteiger partial charge in [0.25, 0.3) is 0 Å². The maximum absolute atomic E-state index is 13.1. The minimum absolute atomic E-state index is 0.115. The van der Waals surface area contributed by atoms with Gasteiger partial charge >= 0.3 is 24.8 Å². The molecule has 0 aliphatic carbocycles. The second-order valence-electron chi connectivity index (χ2n) is 14.1. The minimum atomic E-state index is -3.23. The Bertz CT molecular complexity index is 1300. The van der Waals surface area contributed by atoms with Crippen LogP contribution in [0.25, 0.3) is 0 Å². The lowest BCUT2D eigenvalue weighted by Gasteiger charge is -2.40. The quantitative estimate of drug-likeness (QED) is 0.0592. The average molecular weight is 891 g/mol. The molecule has 0 spiro atoms. The highest BCUT2D eigenvalue weighted by Crippen LogP contribution is 2.45. The first-order chi connectivity index (χ1) is 27.0. The summed E-state index contributed by atoms with van der Waals surface area (Å²) in [4.78, 5) is 0. The molecule has 0 aromatic rings. The molecule has 27 heteroatoms. The van der Waals surface area contributed by atoms with Crippen molar-refractivity contribution < 1.29 is 110 Å². The van der Waals surface area contributed by atoms with E-state index in [0.29, 0.717) is 0 Å². The molecule has 4 saturated heterocycles. The van der Waals surface area contributed by atoms with Gasteiger partial charge in [-0.1, -0.05) is 41.3 Å². The Hall–Kier alpha value is -0.540. The van der Waals surface area contributed by atoms with Crippen LogP contribution in [-0.4, -0.2) is 184 Å². The number of hydrogen-bond acceptors (Lipinski definition) is 24. The highest BCUT2D eigenvalue weighted by atomic mass is 31.1. The predicted octanol–water partition coefficient (Wildman–Crippen LogP) is -2.64. The van der Waals surface area contributed by atoms with Crippen LogP contribution in [0.3, 0.4) is 0 Å². The van der Waals surface area contributed by atoms with E-state index in [1.54, 1.807) is 6.92 Å². The summed E-state index contributed by atoms with van der Waals surface area (Å²) < 4.78 is 99.0. The highest BCUT2D eigenvalue weighted by Gasteiger charge is 2.57. The summed E-state index contributed by atoms with van der Waals surface area (Å²) in [7, 11) is -9.48. The van der Waals surface area contributed by atoms with Crippen LogP contribution in [-0.2, 0) is 64.5 Å². The topological polar surface area (TPSA) is 361 Å². The predicted molar refractivity (Wildman–Crippen MR) is 185 cm³/mol. The fraction of sp³-hybridized carbons (Fsp3) is 1.00. The molecule has 24 nitrogen and oxygen atoms in total. The van der Waals surface area contributed by atoms with Gasteiger partial charge in [-0.25, -0.2) is 0 Å². The molecule has 0 bridgehead atoms. The third-order valence-corrected chi connectivity index (χ3v) is 12.6. The van der Waals surface area contributed by atoms with Crippen molar-refractivity contribution in [1.29, 1.82) is 0 Å². The van der Waals surface area contributed by atoms with Crippen LogP contribution in [0.5, 0.6) is 0 Å². The highest BCUT2D eigenvalue weighted by molar-refractivity contribution is 7.33. The molecular weight excluding hydrogens is 835 g/mol. The fourth-order valence-corrected chi connectivity index (χ4v) is 9.34. The molecule has 11 N–H and O–H groups in total. The lowest BCUT2D eigenvalue weighted by molar-refractivity contribution is -0.280. The zero-order valence-corrected chi connectivity index (χ0v) is 34.1. The summed E-state index contributed by atoms with van der Waals surface area (Å²) in [6, 6.07) is 0. The lowest BCUT2D eigenvalue weighted by Crippen LogP contribution is -2.57. The van der Waals surface area contributed by atoms with Crippen molar-refractivity contribution >= 4 is 24.8 Å². The molecule has 23 atom stereocenters. The summed E-state index contributed by atoms with van der Waals surface area (Å²) >= 11 is 0. The smallest absolute Gasteiger partial charge is 0.394 e. The zero-order chi connectivity index (χ0) is 42.3. The Kier molecular flexibility index (Phi) is 19.4. The molecule has 4 fully saturated rings. The maximum atomic E-state index is 13.1. The number of rotatable bonds is 19. The zero-order valence-electron chi connectivity index (χ0n) is 31.4. The van der Waals surface area contributed by atoms with Crippen LogP contribution in [0.15, 0.2) is 0 Å². The van der Waals surface area contributed by atoms with Crippen LogP contribution >= 0.6 is 24.8 Å². The van der Waals surface area contributed by atoms with Crippen molar-refractivity contribution in [2.45, 2.75) is 126 Å². The summed E-state index contributed by atoms with van der Waals surface area (Å²) in [5, 5.41) is 92.5. The minimum Gasteiger partial charge on any atom is -0.394 e. The van der Waals surface area contributed by atoms with Gasteiger partial charge in [0.15, 0.2) is 24.6 Å². The standard InChI is InChI=1S/C30H55NO23P3/c1-11-19(36)23(40)15(7-32)45-28(11)52-55(41)50-25-17(9-34)47-30(13(3)21(25)38)54-57(43)51-26-18(10-35)48-29(14(4)22(26)39)53-56(42)49-24-16(8-33)46-27(44-6-5-31)12(2)20(24)37/h11-30,32-40H,5-10,31H2,1-4H3/q+3/t11?,12?,13?,14?,15?,16?,17?,18?,19-,20-,21-,22-,23-,24-,25-,26-,27+,28-,29-,30-/m1/s1. The van der Waals surface area contributed by atoms with E-state index in [1.165, 1.54) is 20.8 Å². The molecule has 4 heterocycles. The first-order valence-electron chi connectivity index (χ1n) is 18.2. The van der Waals surface area contributed by atoms with Gasteiger partial charge < -0.3 is 75.4 Å². The Morgan fingerprint density at radius 1 is 0.456 bits per heavy atom. The summed E-state index contributed by atoms with van der Waals surface area (Å²) in [5.41, 5.74) is 5.46. The van der Waals surface area contributed by atoms with Crippen LogP contribution in [0.1, 0.15) is 27.7 Å². The summed E-state index contributed by atoms with van der Waals surface area (Å²) in [5.74, 6) is -3.78. The molecule has 0 saturated carbocycles. The second kappa shape index (κ2) is 22.5. The van der Waals surface area contributed by atoms with Crippen molar-refractivity contribution in [1.82, 2.24) is 0 Å². The van der Waals surface area contributed by atoms with Crippen molar-refractivity contribution in [2.75, 3.05) is 39.6 Å². The van der Waals surface area contributed by atoms with Gasteiger partial charge in [-0.05, 0) is 0 Å². The van der Waals surface area contributed by atoms with Crippen LogP contribution in [0, 0.1) is 23.7 Å². The third kappa shape index (κ3) is 11.9. The molecule has 4 aliphatic heterocycles. The van der Waals surface area contributed by atoms with Crippen LogP contribution in [0.4, 0.5) is 0 Å². The van der Waals surface area contributed by atoms with E-state index in [-0.39, 0.29) is 13.2 Å². The molecule has 4 rings (SSSR count). The maximum Gasteiger partial charge on any atom is 0.700 e.